The second-order valence-electron chi connectivity index (χ2n) is 6.16. The van der Waals surface area contributed by atoms with Crippen LogP contribution in [0.2, 0.25) is 0 Å². The molecule has 1 heterocycles. The molecule has 0 aliphatic carbocycles. The molecule has 2 nitrogen and oxygen atoms in total. The lowest BCUT2D eigenvalue weighted by atomic mass is 10.0. The van der Waals surface area contributed by atoms with Crippen LogP contribution in [0.5, 0.6) is 0 Å². The molecule has 0 spiro atoms. The highest BCUT2D eigenvalue weighted by molar-refractivity contribution is 5.21. The summed E-state index contributed by atoms with van der Waals surface area (Å²) in [6.45, 7) is 8.72. The fourth-order valence-corrected chi connectivity index (χ4v) is 3.44. The monoisotopic (exact) mass is 292 g/mol. The van der Waals surface area contributed by atoms with Gasteiger partial charge in [0.1, 0.15) is 5.82 Å². The van der Waals surface area contributed by atoms with Crippen LogP contribution in [0.15, 0.2) is 24.3 Å². The maximum Gasteiger partial charge on any atom is 0.127 e. The summed E-state index contributed by atoms with van der Waals surface area (Å²) in [4.78, 5) is 2.55. The number of nitrogens with one attached hydrogen (secondary N) is 1. The summed E-state index contributed by atoms with van der Waals surface area (Å²) in [6.07, 6.45) is 4.95. The van der Waals surface area contributed by atoms with E-state index in [4.69, 9.17) is 0 Å². The molecule has 2 rings (SSSR count). The predicted molar refractivity (Wildman–Crippen MR) is 86.9 cm³/mol. The Morgan fingerprint density at radius 2 is 2.14 bits per heavy atom. The second-order valence-corrected chi connectivity index (χ2v) is 6.16. The summed E-state index contributed by atoms with van der Waals surface area (Å²) in [5.41, 5.74) is 0.809. The molecule has 1 fully saturated rings. The van der Waals surface area contributed by atoms with Crippen LogP contribution in [0, 0.1) is 11.7 Å². The van der Waals surface area contributed by atoms with Crippen molar-refractivity contribution in [3.05, 3.63) is 35.6 Å². The molecule has 0 amide bonds. The Kier molecular flexibility index (Phi) is 6.65. The van der Waals surface area contributed by atoms with Crippen molar-refractivity contribution < 1.29 is 4.39 Å². The lowest BCUT2D eigenvalue weighted by Gasteiger charge is -2.23. The number of halogens is 1. The highest BCUT2D eigenvalue weighted by Gasteiger charge is 2.23. The SMILES string of the molecule is CCCC1CCN(CCC(NCC)c2ccccc2F)C1. The maximum atomic E-state index is 14.0. The molecule has 0 bridgehead atoms. The predicted octanol–water partition coefficient (Wildman–Crippen LogP) is 3.99. The highest BCUT2D eigenvalue weighted by atomic mass is 19.1. The van der Waals surface area contributed by atoms with Crippen molar-refractivity contribution >= 4 is 0 Å². The van der Waals surface area contributed by atoms with E-state index in [0.717, 1.165) is 31.0 Å². The first-order valence-corrected chi connectivity index (χ1v) is 8.44. The van der Waals surface area contributed by atoms with E-state index in [-0.39, 0.29) is 11.9 Å². The number of hydrogen-bond donors (Lipinski definition) is 1. The van der Waals surface area contributed by atoms with Crippen LogP contribution >= 0.6 is 0 Å². The molecule has 0 saturated carbocycles. The summed E-state index contributed by atoms with van der Waals surface area (Å²) in [6, 6.07) is 7.29. The number of nitrogens with zero attached hydrogens (tertiary/aromatic N) is 1. The molecule has 3 heteroatoms. The Morgan fingerprint density at radius 3 is 2.86 bits per heavy atom. The van der Waals surface area contributed by atoms with E-state index in [1.165, 1.54) is 32.4 Å². The van der Waals surface area contributed by atoms with Gasteiger partial charge < -0.3 is 10.2 Å². The van der Waals surface area contributed by atoms with Gasteiger partial charge in [-0.25, -0.2) is 4.39 Å². The van der Waals surface area contributed by atoms with Gasteiger partial charge in [-0.05, 0) is 50.9 Å². The third-order valence-corrected chi connectivity index (χ3v) is 4.53. The largest absolute Gasteiger partial charge is 0.310 e. The molecule has 2 atom stereocenters. The van der Waals surface area contributed by atoms with Crippen LogP contribution in [0.3, 0.4) is 0 Å². The van der Waals surface area contributed by atoms with Gasteiger partial charge in [0.25, 0.3) is 0 Å². The minimum atomic E-state index is -0.0891. The average molecular weight is 292 g/mol. The topological polar surface area (TPSA) is 15.3 Å². The van der Waals surface area contributed by atoms with Crippen LogP contribution in [-0.4, -0.2) is 31.1 Å². The number of likely N-dealkylation sites (tertiary alicyclic amines) is 1. The average Bonchev–Trinajstić information content (AvgIpc) is 2.92. The van der Waals surface area contributed by atoms with Crippen LogP contribution in [0.4, 0.5) is 4.39 Å². The Bertz CT molecular complexity index is 421. The lowest BCUT2D eigenvalue weighted by Crippen LogP contribution is -2.29. The first kappa shape index (κ1) is 16.4. The maximum absolute atomic E-state index is 14.0. The van der Waals surface area contributed by atoms with Gasteiger partial charge in [0, 0.05) is 18.2 Å². The molecule has 1 aliphatic heterocycles. The van der Waals surface area contributed by atoms with Crippen molar-refractivity contribution in [1.82, 2.24) is 10.2 Å². The summed E-state index contributed by atoms with van der Waals surface area (Å²) < 4.78 is 14.0. The third kappa shape index (κ3) is 4.79. The van der Waals surface area contributed by atoms with Crippen LogP contribution in [-0.2, 0) is 0 Å². The van der Waals surface area contributed by atoms with E-state index in [1.54, 1.807) is 12.1 Å². The summed E-state index contributed by atoms with van der Waals surface area (Å²) in [5.74, 6) is 0.787. The van der Waals surface area contributed by atoms with Crippen LogP contribution in [0.25, 0.3) is 0 Å². The molecule has 21 heavy (non-hydrogen) atoms. The van der Waals surface area contributed by atoms with E-state index in [9.17, 15) is 4.39 Å². The zero-order valence-electron chi connectivity index (χ0n) is 13.4. The van der Waals surface area contributed by atoms with Crippen molar-refractivity contribution in [3.8, 4) is 0 Å². The molecule has 0 radical (unpaired) electrons. The second kappa shape index (κ2) is 8.50. The van der Waals surface area contributed by atoms with Gasteiger partial charge in [0.05, 0.1) is 0 Å². The Morgan fingerprint density at radius 1 is 1.33 bits per heavy atom. The van der Waals surface area contributed by atoms with Gasteiger partial charge in [-0.15, -0.1) is 0 Å². The number of rotatable bonds is 8. The van der Waals surface area contributed by atoms with Crippen molar-refractivity contribution in [2.45, 2.75) is 45.6 Å². The standard InChI is InChI=1S/C18H29FN2/c1-3-7-15-10-12-21(14-15)13-11-18(20-4-2)16-8-5-6-9-17(16)19/h5-6,8-9,15,18,20H,3-4,7,10-14H2,1-2H3. The number of hydrogen-bond acceptors (Lipinski definition) is 2. The van der Waals surface area contributed by atoms with E-state index < -0.39 is 0 Å². The minimum Gasteiger partial charge on any atom is -0.310 e. The third-order valence-electron chi connectivity index (χ3n) is 4.53. The fraction of sp³-hybridized carbons (Fsp3) is 0.667. The molecule has 1 aromatic carbocycles. The van der Waals surface area contributed by atoms with Crippen molar-refractivity contribution in [2.24, 2.45) is 5.92 Å². The van der Waals surface area contributed by atoms with Gasteiger partial charge in [-0.1, -0.05) is 38.5 Å². The molecule has 118 valence electrons. The molecular formula is C18H29FN2. The highest BCUT2D eigenvalue weighted by Crippen LogP contribution is 2.24. The Labute approximate surface area is 128 Å². The van der Waals surface area contributed by atoms with Crippen molar-refractivity contribution in [2.75, 3.05) is 26.2 Å². The lowest BCUT2D eigenvalue weighted by molar-refractivity contribution is 0.295. The molecule has 1 saturated heterocycles. The van der Waals surface area contributed by atoms with Gasteiger partial charge in [0.15, 0.2) is 0 Å². The molecule has 2 unspecified atom stereocenters. The van der Waals surface area contributed by atoms with E-state index in [2.05, 4.69) is 24.1 Å². The first-order chi connectivity index (χ1) is 10.2. The Hall–Kier alpha value is -0.930. The van der Waals surface area contributed by atoms with E-state index in [1.807, 2.05) is 12.1 Å². The summed E-state index contributed by atoms with van der Waals surface area (Å²) in [5, 5.41) is 3.43. The minimum absolute atomic E-state index is 0.0891. The molecule has 1 N–H and O–H groups in total. The summed E-state index contributed by atoms with van der Waals surface area (Å²) >= 11 is 0. The van der Waals surface area contributed by atoms with Crippen molar-refractivity contribution in [3.63, 3.8) is 0 Å². The van der Waals surface area contributed by atoms with Crippen LogP contribution in [0.1, 0.15) is 51.1 Å². The van der Waals surface area contributed by atoms with E-state index in [0.29, 0.717) is 0 Å². The first-order valence-electron chi connectivity index (χ1n) is 8.44. The number of benzene rings is 1. The van der Waals surface area contributed by atoms with Gasteiger partial charge in [-0.2, -0.15) is 0 Å². The van der Waals surface area contributed by atoms with Crippen molar-refractivity contribution in [1.29, 1.82) is 0 Å². The molecular weight excluding hydrogens is 263 g/mol. The van der Waals surface area contributed by atoms with Gasteiger partial charge in [-0.3, -0.25) is 0 Å². The van der Waals surface area contributed by atoms with Gasteiger partial charge >= 0.3 is 0 Å². The Balaban J connectivity index is 1.88. The zero-order valence-corrected chi connectivity index (χ0v) is 13.4. The molecule has 0 aromatic heterocycles. The smallest absolute Gasteiger partial charge is 0.127 e. The van der Waals surface area contributed by atoms with Crippen LogP contribution < -0.4 is 5.32 Å². The molecule has 1 aromatic rings. The van der Waals surface area contributed by atoms with E-state index >= 15 is 0 Å². The quantitative estimate of drug-likeness (QED) is 0.779. The normalized spacial score (nSPS) is 20.8. The molecule has 1 aliphatic rings. The summed E-state index contributed by atoms with van der Waals surface area (Å²) in [7, 11) is 0. The van der Waals surface area contributed by atoms with Gasteiger partial charge in [0.2, 0.25) is 0 Å². The fourth-order valence-electron chi connectivity index (χ4n) is 3.44. The zero-order chi connectivity index (χ0) is 15.1.